The summed E-state index contributed by atoms with van der Waals surface area (Å²) >= 11 is 0. The van der Waals surface area contributed by atoms with E-state index in [1.165, 1.54) is 5.56 Å². The van der Waals surface area contributed by atoms with Gasteiger partial charge in [-0.25, -0.2) is 0 Å². The molecule has 3 rings (SSSR count). The van der Waals surface area contributed by atoms with Gasteiger partial charge in [0.1, 0.15) is 5.75 Å². The first-order valence-electron chi connectivity index (χ1n) is 7.77. The Morgan fingerprint density at radius 3 is 2.75 bits per heavy atom. The highest BCUT2D eigenvalue weighted by molar-refractivity contribution is 5.95. The molecule has 1 aromatic heterocycles. The van der Waals surface area contributed by atoms with Crippen molar-refractivity contribution in [3.05, 3.63) is 72.1 Å². The molecule has 0 aliphatic rings. The molecular weight excluding hydrogens is 302 g/mol. The van der Waals surface area contributed by atoms with Gasteiger partial charge in [-0.2, -0.15) is 5.10 Å². The average Bonchev–Trinajstić information content (AvgIpc) is 3.16. The lowest BCUT2D eigenvalue weighted by atomic mass is 10.1. The first-order valence-corrected chi connectivity index (χ1v) is 7.77. The fourth-order valence-corrected chi connectivity index (χ4v) is 2.54. The van der Waals surface area contributed by atoms with E-state index in [0.29, 0.717) is 17.9 Å². The Hall–Kier alpha value is -3.08. The minimum Gasteiger partial charge on any atom is -0.496 e. The second-order valence-electron chi connectivity index (χ2n) is 5.39. The van der Waals surface area contributed by atoms with E-state index in [4.69, 9.17) is 4.74 Å². The summed E-state index contributed by atoms with van der Waals surface area (Å²) in [5.41, 5.74) is 3.59. The standard InChI is InChI=1S/C19H19N3O2/c1-24-18-11-15(7-8-17(18)16-12-21-22-13-16)19(23)20-10-9-14-5-3-2-4-6-14/h2-8,11-13H,9-10H2,1H3,(H,20,23)(H,21,22). The number of carbonyl (C=O) groups is 1. The van der Waals surface area contributed by atoms with E-state index in [9.17, 15) is 4.79 Å². The highest BCUT2D eigenvalue weighted by atomic mass is 16.5. The van der Waals surface area contributed by atoms with Crippen molar-refractivity contribution >= 4 is 5.91 Å². The van der Waals surface area contributed by atoms with Crippen molar-refractivity contribution in [3.8, 4) is 16.9 Å². The zero-order valence-corrected chi connectivity index (χ0v) is 13.5. The van der Waals surface area contributed by atoms with Gasteiger partial charge < -0.3 is 10.1 Å². The number of H-pyrrole nitrogens is 1. The van der Waals surface area contributed by atoms with Crippen LogP contribution in [0.5, 0.6) is 5.75 Å². The van der Waals surface area contributed by atoms with Crippen molar-refractivity contribution in [1.29, 1.82) is 0 Å². The largest absolute Gasteiger partial charge is 0.496 e. The molecule has 0 aliphatic carbocycles. The van der Waals surface area contributed by atoms with Crippen molar-refractivity contribution < 1.29 is 9.53 Å². The maximum atomic E-state index is 12.3. The molecule has 5 heteroatoms. The number of aromatic amines is 1. The summed E-state index contributed by atoms with van der Waals surface area (Å²) in [5, 5.41) is 9.66. The van der Waals surface area contributed by atoms with Crippen LogP contribution in [0.25, 0.3) is 11.1 Å². The number of aromatic nitrogens is 2. The van der Waals surface area contributed by atoms with Crippen LogP contribution in [0, 0.1) is 0 Å². The summed E-state index contributed by atoms with van der Waals surface area (Å²) in [4.78, 5) is 12.3. The molecule has 0 fully saturated rings. The molecule has 1 heterocycles. The van der Waals surface area contributed by atoms with Gasteiger partial charge in [0.05, 0.1) is 13.3 Å². The van der Waals surface area contributed by atoms with E-state index >= 15 is 0 Å². The fourth-order valence-electron chi connectivity index (χ4n) is 2.54. The number of carbonyl (C=O) groups excluding carboxylic acids is 1. The lowest BCUT2D eigenvalue weighted by Crippen LogP contribution is -2.25. The van der Waals surface area contributed by atoms with Gasteiger partial charge in [0.25, 0.3) is 5.91 Å². The molecule has 122 valence electrons. The summed E-state index contributed by atoms with van der Waals surface area (Å²) in [5.74, 6) is 0.537. The molecule has 0 aliphatic heterocycles. The molecule has 0 radical (unpaired) electrons. The predicted molar refractivity (Wildman–Crippen MR) is 93.1 cm³/mol. The third-order valence-corrected chi connectivity index (χ3v) is 3.81. The van der Waals surface area contributed by atoms with Crippen molar-refractivity contribution in [2.24, 2.45) is 0 Å². The van der Waals surface area contributed by atoms with Gasteiger partial charge in [-0.3, -0.25) is 9.89 Å². The van der Waals surface area contributed by atoms with E-state index < -0.39 is 0 Å². The number of hydrogen-bond donors (Lipinski definition) is 2. The summed E-state index contributed by atoms with van der Waals surface area (Å²) in [7, 11) is 1.59. The highest BCUT2D eigenvalue weighted by Gasteiger charge is 2.12. The molecule has 1 amide bonds. The Bertz CT molecular complexity index is 799. The molecular formula is C19H19N3O2. The van der Waals surface area contributed by atoms with Crippen molar-refractivity contribution in [1.82, 2.24) is 15.5 Å². The second-order valence-corrected chi connectivity index (χ2v) is 5.39. The molecule has 0 unspecified atom stereocenters. The van der Waals surface area contributed by atoms with Crippen LogP contribution in [0.3, 0.4) is 0 Å². The van der Waals surface area contributed by atoms with Gasteiger partial charge in [-0.15, -0.1) is 0 Å². The molecule has 24 heavy (non-hydrogen) atoms. The third-order valence-electron chi connectivity index (χ3n) is 3.81. The van der Waals surface area contributed by atoms with E-state index in [1.54, 1.807) is 31.6 Å². The van der Waals surface area contributed by atoms with Crippen LogP contribution in [0.4, 0.5) is 0 Å². The van der Waals surface area contributed by atoms with Gasteiger partial charge in [0, 0.05) is 29.4 Å². The Labute approximate surface area is 140 Å². The van der Waals surface area contributed by atoms with Gasteiger partial charge in [-0.05, 0) is 30.2 Å². The molecule has 0 saturated heterocycles. The normalized spacial score (nSPS) is 10.4. The summed E-state index contributed by atoms with van der Waals surface area (Å²) in [6.45, 7) is 0.592. The number of hydrogen-bond acceptors (Lipinski definition) is 3. The lowest BCUT2D eigenvalue weighted by molar-refractivity contribution is 0.0954. The molecule has 0 saturated carbocycles. The topological polar surface area (TPSA) is 67.0 Å². The maximum absolute atomic E-state index is 12.3. The molecule has 2 aromatic carbocycles. The summed E-state index contributed by atoms with van der Waals surface area (Å²) in [6, 6.07) is 15.5. The van der Waals surface area contributed by atoms with Gasteiger partial charge in [-0.1, -0.05) is 30.3 Å². The Balaban J connectivity index is 1.67. The van der Waals surface area contributed by atoms with Crippen LogP contribution < -0.4 is 10.1 Å². The number of amides is 1. The number of ether oxygens (including phenoxy) is 1. The number of rotatable bonds is 6. The monoisotopic (exact) mass is 321 g/mol. The molecule has 3 aromatic rings. The predicted octanol–water partition coefficient (Wildman–Crippen LogP) is 3.06. The fraction of sp³-hybridized carbons (Fsp3) is 0.158. The summed E-state index contributed by atoms with van der Waals surface area (Å²) < 4.78 is 5.41. The van der Waals surface area contributed by atoms with Crippen molar-refractivity contribution in [2.75, 3.05) is 13.7 Å². The zero-order chi connectivity index (χ0) is 16.8. The van der Waals surface area contributed by atoms with Gasteiger partial charge in [0.2, 0.25) is 0 Å². The SMILES string of the molecule is COc1cc(C(=O)NCCc2ccccc2)ccc1-c1cn[nH]c1. The minimum absolute atomic E-state index is 0.108. The first kappa shape index (κ1) is 15.8. The van der Waals surface area contributed by atoms with Crippen LogP contribution in [0.2, 0.25) is 0 Å². The smallest absolute Gasteiger partial charge is 0.251 e. The second kappa shape index (κ2) is 7.46. The number of nitrogens with zero attached hydrogens (tertiary/aromatic N) is 1. The van der Waals surface area contributed by atoms with Crippen molar-refractivity contribution in [3.63, 3.8) is 0 Å². The maximum Gasteiger partial charge on any atom is 0.251 e. The van der Waals surface area contributed by atoms with Crippen LogP contribution in [-0.2, 0) is 6.42 Å². The quantitative estimate of drug-likeness (QED) is 0.733. The minimum atomic E-state index is -0.108. The van der Waals surface area contributed by atoms with E-state index in [1.807, 2.05) is 24.3 Å². The van der Waals surface area contributed by atoms with Crippen LogP contribution >= 0.6 is 0 Å². The number of benzene rings is 2. The zero-order valence-electron chi connectivity index (χ0n) is 13.5. The van der Waals surface area contributed by atoms with Crippen LogP contribution in [-0.4, -0.2) is 29.8 Å². The van der Waals surface area contributed by atoms with Crippen LogP contribution in [0.15, 0.2) is 60.9 Å². The molecule has 5 nitrogen and oxygen atoms in total. The third kappa shape index (κ3) is 3.63. The Morgan fingerprint density at radius 1 is 1.21 bits per heavy atom. The Kier molecular flexibility index (Phi) is 4.91. The van der Waals surface area contributed by atoms with Gasteiger partial charge >= 0.3 is 0 Å². The number of methoxy groups -OCH3 is 1. The highest BCUT2D eigenvalue weighted by Crippen LogP contribution is 2.30. The average molecular weight is 321 g/mol. The molecule has 0 atom stereocenters. The van der Waals surface area contributed by atoms with Gasteiger partial charge in [0.15, 0.2) is 0 Å². The first-order chi connectivity index (χ1) is 11.8. The summed E-state index contributed by atoms with van der Waals surface area (Å²) in [6.07, 6.45) is 4.31. The van der Waals surface area contributed by atoms with E-state index in [0.717, 1.165) is 17.5 Å². The van der Waals surface area contributed by atoms with E-state index in [-0.39, 0.29) is 5.91 Å². The number of nitrogens with one attached hydrogen (secondary N) is 2. The molecule has 2 N–H and O–H groups in total. The van der Waals surface area contributed by atoms with Crippen LogP contribution in [0.1, 0.15) is 15.9 Å². The van der Waals surface area contributed by atoms with E-state index in [2.05, 4.69) is 27.6 Å². The molecule has 0 spiro atoms. The lowest BCUT2D eigenvalue weighted by Gasteiger charge is -2.10. The Morgan fingerprint density at radius 2 is 2.04 bits per heavy atom. The van der Waals surface area contributed by atoms with Crippen molar-refractivity contribution in [2.45, 2.75) is 6.42 Å². The molecule has 0 bridgehead atoms.